The van der Waals surface area contributed by atoms with Gasteiger partial charge in [-0.15, -0.1) is 24.0 Å². The van der Waals surface area contributed by atoms with Crippen LogP contribution in [0.5, 0.6) is 0 Å². The molecule has 0 bridgehead atoms. The van der Waals surface area contributed by atoms with Gasteiger partial charge in [0.25, 0.3) is 0 Å². The summed E-state index contributed by atoms with van der Waals surface area (Å²) in [7, 11) is 3.50. The van der Waals surface area contributed by atoms with Crippen LogP contribution < -0.4 is 10.2 Å². The van der Waals surface area contributed by atoms with Crippen molar-refractivity contribution < 1.29 is 9.53 Å². The third kappa shape index (κ3) is 7.18. The van der Waals surface area contributed by atoms with Crippen molar-refractivity contribution in [3.05, 3.63) is 29.3 Å². The van der Waals surface area contributed by atoms with Gasteiger partial charge in [0.1, 0.15) is 6.54 Å². The largest absolute Gasteiger partial charge is 0.376 e. The van der Waals surface area contributed by atoms with Crippen LogP contribution in [-0.4, -0.2) is 87.7 Å². The Kier molecular flexibility index (Phi) is 9.78. The molecule has 1 unspecified atom stereocenters. The number of hydrogen-bond acceptors (Lipinski definition) is 4. The maximum absolute atomic E-state index is 12.0. The molecule has 2 aliphatic rings. The van der Waals surface area contributed by atoms with Crippen molar-refractivity contribution in [2.24, 2.45) is 4.99 Å². The molecule has 2 aliphatic heterocycles. The Labute approximate surface area is 195 Å². The van der Waals surface area contributed by atoms with Crippen LogP contribution in [0.15, 0.2) is 29.3 Å². The topological polar surface area (TPSA) is 60.4 Å². The maximum atomic E-state index is 12.0. The highest BCUT2D eigenvalue weighted by Crippen LogP contribution is 2.21. The number of anilines is 1. The fraction of sp³-hybridized carbons (Fsp3) is 0.600. The molecule has 9 heteroatoms. The van der Waals surface area contributed by atoms with Crippen LogP contribution in [0.4, 0.5) is 5.69 Å². The van der Waals surface area contributed by atoms with Gasteiger partial charge in [-0.25, -0.2) is 4.99 Å². The van der Waals surface area contributed by atoms with Gasteiger partial charge < -0.3 is 24.8 Å². The molecule has 162 valence electrons. The summed E-state index contributed by atoms with van der Waals surface area (Å²) >= 11 is 6.13. The van der Waals surface area contributed by atoms with E-state index in [1.54, 1.807) is 19.0 Å². The Morgan fingerprint density at radius 3 is 2.69 bits per heavy atom. The van der Waals surface area contributed by atoms with Gasteiger partial charge in [-0.2, -0.15) is 0 Å². The van der Waals surface area contributed by atoms with Crippen LogP contribution in [0.1, 0.15) is 12.8 Å². The van der Waals surface area contributed by atoms with Gasteiger partial charge in [-0.1, -0.05) is 17.7 Å². The number of rotatable bonds is 5. The van der Waals surface area contributed by atoms with Crippen LogP contribution >= 0.6 is 35.6 Å². The van der Waals surface area contributed by atoms with Gasteiger partial charge in [0.05, 0.1) is 6.10 Å². The quantitative estimate of drug-likeness (QED) is 0.356. The van der Waals surface area contributed by atoms with Crippen molar-refractivity contribution in [1.29, 1.82) is 0 Å². The Bertz CT molecular complexity index is 689. The molecule has 1 aromatic carbocycles. The monoisotopic (exact) mass is 535 g/mol. The number of benzene rings is 1. The van der Waals surface area contributed by atoms with Crippen LogP contribution in [0.3, 0.4) is 0 Å². The number of hydrogen-bond donors (Lipinski definition) is 1. The fourth-order valence-electron chi connectivity index (χ4n) is 3.41. The molecule has 29 heavy (non-hydrogen) atoms. The van der Waals surface area contributed by atoms with Crippen molar-refractivity contribution in [2.75, 3.05) is 64.9 Å². The highest BCUT2D eigenvalue weighted by molar-refractivity contribution is 14.0. The normalized spacial score (nSPS) is 19.7. The molecule has 1 atom stereocenters. The lowest BCUT2D eigenvalue weighted by Gasteiger charge is -2.38. The molecule has 7 nitrogen and oxygen atoms in total. The summed E-state index contributed by atoms with van der Waals surface area (Å²) in [6.07, 6.45) is 2.40. The van der Waals surface area contributed by atoms with Gasteiger partial charge >= 0.3 is 0 Å². The van der Waals surface area contributed by atoms with E-state index in [-0.39, 0.29) is 42.5 Å². The minimum absolute atomic E-state index is 0. The van der Waals surface area contributed by atoms with Crippen molar-refractivity contribution >= 4 is 53.1 Å². The van der Waals surface area contributed by atoms with Crippen molar-refractivity contribution in [2.45, 2.75) is 18.9 Å². The predicted octanol–water partition coefficient (Wildman–Crippen LogP) is 2.29. The molecule has 0 saturated carbocycles. The third-order valence-corrected chi connectivity index (χ3v) is 5.36. The first-order chi connectivity index (χ1) is 13.5. The molecule has 0 aromatic heterocycles. The van der Waals surface area contributed by atoms with E-state index in [9.17, 15) is 4.79 Å². The van der Waals surface area contributed by atoms with E-state index >= 15 is 0 Å². The zero-order valence-corrected chi connectivity index (χ0v) is 20.2. The second-order valence-electron chi connectivity index (χ2n) is 7.40. The Balaban J connectivity index is 0.00000300. The molecule has 3 rings (SSSR count). The second-order valence-corrected chi connectivity index (χ2v) is 7.83. The van der Waals surface area contributed by atoms with Gasteiger partial charge in [0.2, 0.25) is 5.91 Å². The first-order valence-corrected chi connectivity index (χ1v) is 10.3. The lowest BCUT2D eigenvalue weighted by atomic mass is 10.2. The Morgan fingerprint density at radius 2 is 2.07 bits per heavy atom. The lowest BCUT2D eigenvalue weighted by molar-refractivity contribution is -0.127. The molecule has 1 aromatic rings. The predicted molar refractivity (Wildman–Crippen MR) is 129 cm³/mol. The number of nitrogens with one attached hydrogen (secondary N) is 1. The maximum Gasteiger partial charge on any atom is 0.243 e. The molecule has 2 fully saturated rings. The smallest absolute Gasteiger partial charge is 0.243 e. The summed E-state index contributed by atoms with van der Waals surface area (Å²) < 4.78 is 5.71. The number of nitrogens with zero attached hydrogens (tertiary/aromatic N) is 4. The fourth-order valence-corrected chi connectivity index (χ4v) is 3.60. The highest BCUT2D eigenvalue weighted by atomic mass is 127. The average Bonchev–Trinajstić information content (AvgIpc) is 3.21. The number of aliphatic imine (C=N–C) groups is 1. The molecule has 0 aliphatic carbocycles. The zero-order chi connectivity index (χ0) is 19.9. The van der Waals surface area contributed by atoms with Crippen molar-refractivity contribution in [3.63, 3.8) is 0 Å². The summed E-state index contributed by atoms with van der Waals surface area (Å²) in [5, 5.41) is 4.18. The lowest BCUT2D eigenvalue weighted by Crippen LogP contribution is -2.53. The van der Waals surface area contributed by atoms with Crippen molar-refractivity contribution in [3.8, 4) is 0 Å². The number of halogens is 2. The van der Waals surface area contributed by atoms with Gasteiger partial charge in [0, 0.05) is 64.1 Å². The third-order valence-electron chi connectivity index (χ3n) is 5.13. The number of likely N-dealkylation sites (N-methyl/N-ethyl adjacent to an activating group) is 1. The first-order valence-electron chi connectivity index (χ1n) is 9.88. The number of guanidine groups is 1. The number of carbonyl (C=O) groups excluding carboxylic acids is 1. The van der Waals surface area contributed by atoms with E-state index < -0.39 is 0 Å². The first kappa shape index (κ1) is 24.0. The zero-order valence-electron chi connectivity index (χ0n) is 17.1. The Hall–Kier alpha value is -1.26. The van der Waals surface area contributed by atoms with Crippen LogP contribution in [0, 0.1) is 0 Å². The minimum Gasteiger partial charge on any atom is -0.376 e. The van der Waals surface area contributed by atoms with Crippen LogP contribution in [0.25, 0.3) is 0 Å². The molecule has 1 N–H and O–H groups in total. The van der Waals surface area contributed by atoms with E-state index in [0.29, 0.717) is 0 Å². The summed E-state index contributed by atoms with van der Waals surface area (Å²) in [4.78, 5) is 22.7. The molecular formula is C20H31ClIN5O2. The highest BCUT2D eigenvalue weighted by Gasteiger charge is 2.22. The molecule has 1 amide bonds. The average molecular weight is 536 g/mol. The summed E-state index contributed by atoms with van der Waals surface area (Å²) in [5.41, 5.74) is 1.14. The Morgan fingerprint density at radius 1 is 1.31 bits per heavy atom. The SMILES string of the molecule is CN(C)C(=O)CN=C(NCC1CCCO1)N1CCN(c2cccc(Cl)c2)CC1.I. The summed E-state index contributed by atoms with van der Waals surface area (Å²) in [6.45, 7) is 5.13. The van der Waals surface area contributed by atoms with Crippen LogP contribution in [0.2, 0.25) is 5.02 Å². The van der Waals surface area contributed by atoms with Gasteiger partial charge in [-0.3, -0.25) is 4.79 Å². The van der Waals surface area contributed by atoms with E-state index in [1.165, 1.54) is 0 Å². The molecular weight excluding hydrogens is 505 g/mol. The molecule has 0 spiro atoms. The molecule has 2 heterocycles. The van der Waals surface area contributed by atoms with E-state index in [4.69, 9.17) is 16.3 Å². The number of ether oxygens (including phenoxy) is 1. The molecule has 2 saturated heterocycles. The number of carbonyl (C=O) groups is 1. The van der Waals surface area contributed by atoms with Gasteiger partial charge in [0.15, 0.2) is 5.96 Å². The second kappa shape index (κ2) is 11.8. The summed E-state index contributed by atoms with van der Waals surface area (Å²) in [6, 6.07) is 7.95. The molecule has 0 radical (unpaired) electrons. The number of piperazine rings is 1. The summed E-state index contributed by atoms with van der Waals surface area (Å²) in [5.74, 6) is 0.783. The van der Waals surface area contributed by atoms with Gasteiger partial charge in [-0.05, 0) is 31.0 Å². The van der Waals surface area contributed by atoms with E-state index in [1.807, 2.05) is 18.2 Å². The minimum atomic E-state index is -0.00557. The number of amides is 1. The van der Waals surface area contributed by atoms with Crippen molar-refractivity contribution in [1.82, 2.24) is 15.1 Å². The van der Waals surface area contributed by atoms with Crippen LogP contribution in [-0.2, 0) is 9.53 Å². The van der Waals surface area contributed by atoms with E-state index in [0.717, 1.165) is 68.8 Å². The standard InChI is InChI=1S/C20H30ClN5O2.HI/c1-24(2)19(27)15-23-20(22-14-18-7-4-12-28-18)26-10-8-25(9-11-26)17-6-3-5-16(21)13-17;/h3,5-6,13,18H,4,7-12,14-15H2,1-2H3,(H,22,23);1H. The van der Waals surface area contributed by atoms with E-state index in [2.05, 4.69) is 26.2 Å².